The summed E-state index contributed by atoms with van der Waals surface area (Å²) < 4.78 is 28.8. The highest BCUT2D eigenvalue weighted by atomic mass is 127. The maximum atomic E-state index is 13.7. The van der Waals surface area contributed by atoms with Crippen molar-refractivity contribution in [2.45, 2.75) is 39.8 Å². The number of benzene rings is 2. The van der Waals surface area contributed by atoms with Crippen molar-refractivity contribution in [3.63, 3.8) is 0 Å². The third kappa shape index (κ3) is 5.44. The Bertz CT molecular complexity index is 1520. The molecular weight excluding hydrogens is 709 g/mol. The molecule has 0 unspecified atom stereocenters. The Morgan fingerprint density at radius 1 is 1.22 bits per heavy atom. The number of hydrogen-bond acceptors (Lipinski definition) is 6. The summed E-state index contributed by atoms with van der Waals surface area (Å²) in [7, 11) is 0. The zero-order valence-corrected chi connectivity index (χ0v) is 25.1. The van der Waals surface area contributed by atoms with E-state index >= 15 is 0 Å². The molecule has 0 saturated carbocycles. The maximum Gasteiger partial charge on any atom is 0.338 e. The number of nitrogens with zero attached hydrogens (tertiary/aromatic N) is 2. The molecule has 4 rings (SSSR count). The summed E-state index contributed by atoms with van der Waals surface area (Å²) in [5.41, 5.74) is 1.90. The summed E-state index contributed by atoms with van der Waals surface area (Å²) in [6.45, 7) is 7.58. The maximum absolute atomic E-state index is 13.7. The molecule has 1 aliphatic heterocycles. The van der Waals surface area contributed by atoms with Crippen LogP contribution >= 0.6 is 56.5 Å². The molecule has 1 atom stereocenters. The van der Waals surface area contributed by atoms with E-state index < -0.39 is 17.8 Å². The van der Waals surface area contributed by atoms with E-state index in [4.69, 9.17) is 9.47 Å². The van der Waals surface area contributed by atoms with Crippen molar-refractivity contribution in [3.8, 4) is 5.75 Å². The summed E-state index contributed by atoms with van der Waals surface area (Å²) in [6, 6.07) is 8.93. The molecule has 0 fully saturated rings. The van der Waals surface area contributed by atoms with E-state index in [0.29, 0.717) is 20.6 Å². The SMILES string of the molecule is CCOC(=O)C1=C(C)N=c2s/c(=C\c3cc(I)c(OC(C)C)c(I)c3)c(=O)n2[C@@H]1c1ccc(F)cc1. The number of halogens is 3. The highest BCUT2D eigenvalue weighted by Crippen LogP contribution is 2.32. The first-order valence-electron chi connectivity index (χ1n) is 11.2. The molecule has 1 aliphatic rings. The number of allylic oxidation sites excluding steroid dienone is 1. The predicted molar refractivity (Wildman–Crippen MR) is 154 cm³/mol. The third-order valence-corrected chi connectivity index (χ3v) is 7.96. The number of hydrogen-bond donors (Lipinski definition) is 0. The van der Waals surface area contributed by atoms with Gasteiger partial charge >= 0.3 is 5.97 Å². The molecule has 2 aromatic carbocycles. The van der Waals surface area contributed by atoms with Crippen LogP contribution < -0.4 is 19.6 Å². The van der Waals surface area contributed by atoms with Gasteiger partial charge in [-0.3, -0.25) is 9.36 Å². The molecule has 0 bridgehead atoms. The number of aromatic nitrogens is 1. The van der Waals surface area contributed by atoms with E-state index in [-0.39, 0.29) is 23.8 Å². The molecule has 36 heavy (non-hydrogen) atoms. The molecule has 0 radical (unpaired) electrons. The minimum absolute atomic E-state index is 0.0462. The zero-order valence-electron chi connectivity index (χ0n) is 20.0. The van der Waals surface area contributed by atoms with Crippen LogP contribution in [0.3, 0.4) is 0 Å². The fraction of sp³-hybridized carbons (Fsp3) is 0.269. The third-order valence-electron chi connectivity index (χ3n) is 5.37. The number of rotatable bonds is 6. The minimum Gasteiger partial charge on any atom is -0.489 e. The van der Waals surface area contributed by atoms with Gasteiger partial charge in [-0.15, -0.1) is 0 Å². The molecule has 3 aromatic rings. The lowest BCUT2D eigenvalue weighted by Gasteiger charge is -2.24. The number of esters is 1. The number of carbonyl (C=O) groups excluding carboxylic acids is 1. The Labute approximate surface area is 238 Å². The van der Waals surface area contributed by atoms with E-state index in [1.807, 2.05) is 32.1 Å². The fourth-order valence-electron chi connectivity index (χ4n) is 3.91. The second kappa shape index (κ2) is 11.1. The number of thiazole rings is 1. The van der Waals surface area contributed by atoms with E-state index in [1.165, 1.54) is 28.0 Å². The van der Waals surface area contributed by atoms with Crippen molar-refractivity contribution in [1.29, 1.82) is 0 Å². The van der Waals surface area contributed by atoms with Crippen molar-refractivity contribution in [2.24, 2.45) is 4.99 Å². The van der Waals surface area contributed by atoms with Crippen molar-refractivity contribution in [2.75, 3.05) is 6.61 Å². The Morgan fingerprint density at radius 2 is 1.86 bits per heavy atom. The highest BCUT2D eigenvalue weighted by molar-refractivity contribution is 14.1. The first kappa shape index (κ1) is 27.0. The van der Waals surface area contributed by atoms with Crippen LogP contribution in [0.15, 0.2) is 57.5 Å². The fourth-order valence-corrected chi connectivity index (χ4v) is 7.03. The largest absolute Gasteiger partial charge is 0.489 e. The molecule has 0 aliphatic carbocycles. The smallest absolute Gasteiger partial charge is 0.338 e. The molecule has 0 spiro atoms. The molecule has 10 heteroatoms. The van der Waals surface area contributed by atoms with Gasteiger partial charge in [0.05, 0.1) is 41.7 Å². The van der Waals surface area contributed by atoms with Crippen molar-refractivity contribution in [3.05, 3.63) is 91.4 Å². The average Bonchev–Trinajstić information content (AvgIpc) is 3.10. The molecule has 0 N–H and O–H groups in total. The molecule has 0 saturated heterocycles. The molecule has 6 nitrogen and oxygen atoms in total. The zero-order chi connectivity index (χ0) is 26.1. The van der Waals surface area contributed by atoms with Gasteiger partial charge < -0.3 is 9.47 Å². The van der Waals surface area contributed by atoms with Crippen LogP contribution in [0, 0.1) is 13.0 Å². The van der Waals surface area contributed by atoms with E-state index in [1.54, 1.807) is 26.0 Å². The topological polar surface area (TPSA) is 69.9 Å². The summed E-state index contributed by atoms with van der Waals surface area (Å²) in [5, 5.41) is 0. The lowest BCUT2D eigenvalue weighted by molar-refractivity contribution is -0.139. The first-order chi connectivity index (χ1) is 17.1. The van der Waals surface area contributed by atoms with Crippen LogP contribution in [0.5, 0.6) is 5.75 Å². The monoisotopic (exact) mass is 732 g/mol. The van der Waals surface area contributed by atoms with Crippen LogP contribution in [0.2, 0.25) is 0 Å². The van der Waals surface area contributed by atoms with Crippen LogP contribution in [0.4, 0.5) is 4.39 Å². The lowest BCUT2D eigenvalue weighted by Crippen LogP contribution is -2.39. The van der Waals surface area contributed by atoms with Crippen molar-refractivity contribution in [1.82, 2.24) is 4.57 Å². The molecular formula is C26H23FI2N2O4S. The highest BCUT2D eigenvalue weighted by Gasteiger charge is 2.33. The van der Waals surface area contributed by atoms with Gasteiger partial charge in [0.1, 0.15) is 11.6 Å². The Balaban J connectivity index is 1.90. The molecule has 1 aromatic heterocycles. The number of ether oxygens (including phenoxy) is 2. The van der Waals surface area contributed by atoms with Crippen LogP contribution in [-0.4, -0.2) is 23.2 Å². The molecule has 188 valence electrons. The van der Waals surface area contributed by atoms with Gasteiger partial charge in [-0.05, 0) is 114 Å². The second-order valence-electron chi connectivity index (χ2n) is 8.33. The van der Waals surface area contributed by atoms with Gasteiger partial charge in [0.15, 0.2) is 4.80 Å². The van der Waals surface area contributed by atoms with Crippen molar-refractivity contribution < 1.29 is 18.7 Å². The van der Waals surface area contributed by atoms with Gasteiger partial charge in [0.25, 0.3) is 5.56 Å². The van der Waals surface area contributed by atoms with E-state index in [2.05, 4.69) is 50.2 Å². The minimum atomic E-state index is -0.773. The summed E-state index contributed by atoms with van der Waals surface area (Å²) >= 11 is 5.71. The molecule has 0 amide bonds. The quantitative estimate of drug-likeness (QED) is 0.267. The van der Waals surface area contributed by atoms with E-state index in [9.17, 15) is 14.0 Å². The van der Waals surface area contributed by atoms with Crippen LogP contribution in [0.1, 0.15) is 44.9 Å². The summed E-state index contributed by atoms with van der Waals surface area (Å²) in [6.07, 6.45) is 1.86. The number of fused-ring (bicyclic) bond motifs is 1. The summed E-state index contributed by atoms with van der Waals surface area (Å²) in [4.78, 5) is 31.6. The van der Waals surface area contributed by atoms with Crippen LogP contribution in [0.25, 0.3) is 6.08 Å². The normalized spacial score (nSPS) is 15.7. The molecule has 2 heterocycles. The standard InChI is InChI=1S/C26H23FI2N2O4S/c1-5-34-25(33)21-14(4)30-26-31(22(21)16-6-8-17(27)9-7-16)24(32)20(36-26)12-15-10-18(28)23(19(29)11-15)35-13(2)3/h6-13,22H,5H2,1-4H3/b20-12-/t22-/m1/s1. The predicted octanol–water partition coefficient (Wildman–Crippen LogP) is 4.93. The van der Waals surface area contributed by atoms with Gasteiger partial charge in [0, 0.05) is 0 Å². The van der Waals surface area contributed by atoms with Gasteiger partial charge in [-0.25, -0.2) is 14.2 Å². The van der Waals surface area contributed by atoms with E-state index in [0.717, 1.165) is 18.5 Å². The van der Waals surface area contributed by atoms with Gasteiger partial charge in [0.2, 0.25) is 0 Å². The second-order valence-corrected chi connectivity index (χ2v) is 11.7. The summed E-state index contributed by atoms with van der Waals surface area (Å²) in [5.74, 6) is -0.137. The Hall–Kier alpha value is -2.06. The first-order valence-corrected chi connectivity index (χ1v) is 14.2. The average molecular weight is 732 g/mol. The lowest BCUT2D eigenvalue weighted by atomic mass is 9.96. The van der Waals surface area contributed by atoms with Gasteiger partial charge in [-0.2, -0.15) is 0 Å². The van der Waals surface area contributed by atoms with Crippen LogP contribution in [-0.2, 0) is 9.53 Å². The number of carbonyl (C=O) groups is 1. The van der Waals surface area contributed by atoms with Gasteiger partial charge in [-0.1, -0.05) is 23.5 Å². The Morgan fingerprint density at radius 3 is 2.44 bits per heavy atom. The Kier molecular flexibility index (Phi) is 8.35. The van der Waals surface area contributed by atoms with Crippen molar-refractivity contribution >= 4 is 68.6 Å².